The van der Waals surface area contributed by atoms with Gasteiger partial charge in [-0.15, -0.1) is 0 Å². The molecule has 0 unspecified atom stereocenters. The van der Waals surface area contributed by atoms with Crippen LogP contribution < -0.4 is 4.57 Å². The van der Waals surface area contributed by atoms with Crippen LogP contribution in [0.1, 0.15) is 6.92 Å². The largest absolute Gasteiger partial charge is 0.477 e. The number of thioether (sulfide) groups is 1. The number of carboxylic acids is 1. The van der Waals surface area contributed by atoms with Crippen LogP contribution in [0, 0.1) is 5.92 Å². The number of carbonyl (C=O) groups is 2. The summed E-state index contributed by atoms with van der Waals surface area (Å²) in [4.78, 5) is 25.4. The van der Waals surface area contributed by atoms with Crippen LogP contribution in [0.25, 0.3) is 0 Å². The van der Waals surface area contributed by atoms with E-state index in [2.05, 4.69) is 0 Å². The first-order chi connectivity index (χ1) is 11.0. The van der Waals surface area contributed by atoms with Crippen molar-refractivity contribution in [3.05, 3.63) is 53.3 Å². The molecule has 2 N–H and O–H groups in total. The summed E-state index contributed by atoms with van der Waals surface area (Å²) in [6, 6.07) is 5.75. The molecule has 0 radical (unpaired) electrons. The molecular formula is C16H17N2O4S+. The molecule has 3 rings (SSSR count). The first-order valence-electron chi connectivity index (χ1n) is 7.26. The number of aliphatic hydroxyl groups is 1. The molecule has 1 aromatic heterocycles. The number of rotatable bonds is 5. The standard InChI is InChI=1S/C16H16N2O4S/c1-10(19)12-14(20)18-13(16(21)22)11(23-15(12)18)6-5-9-17-7-3-2-4-8-17/h2-8,10,12,15,19H,9H2,1H3/p+1/b6-5-/t10-,12+,15-/m1/s1. The van der Waals surface area contributed by atoms with Gasteiger partial charge < -0.3 is 10.2 Å². The van der Waals surface area contributed by atoms with Crippen molar-refractivity contribution < 1.29 is 24.4 Å². The fourth-order valence-corrected chi connectivity index (χ4v) is 4.30. The number of allylic oxidation sites excluding steroid dienone is 2. The van der Waals surface area contributed by atoms with Crippen LogP contribution in [0.4, 0.5) is 0 Å². The SMILES string of the molecule is C[C@@H](O)[C@H]1C(=O)N2C(C(=O)O)=C(/C=C\C[n+]3ccccc3)S[C@H]12. The van der Waals surface area contributed by atoms with Gasteiger partial charge in [-0.25, -0.2) is 9.36 Å². The lowest BCUT2D eigenvalue weighted by Crippen LogP contribution is -2.60. The zero-order valence-electron chi connectivity index (χ0n) is 12.5. The summed E-state index contributed by atoms with van der Waals surface area (Å²) in [6.07, 6.45) is 6.64. The molecule has 2 aliphatic heterocycles. The summed E-state index contributed by atoms with van der Waals surface area (Å²) in [5, 5.41) is 18.8. The van der Waals surface area contributed by atoms with E-state index in [0.29, 0.717) is 11.4 Å². The van der Waals surface area contributed by atoms with Crippen molar-refractivity contribution in [3.63, 3.8) is 0 Å². The molecule has 0 spiro atoms. The van der Waals surface area contributed by atoms with Gasteiger partial charge in [0.2, 0.25) is 5.91 Å². The molecule has 3 heterocycles. The Kier molecular flexibility index (Phi) is 4.23. The average Bonchev–Trinajstić information content (AvgIpc) is 2.82. The van der Waals surface area contributed by atoms with Crippen LogP contribution in [0.2, 0.25) is 0 Å². The van der Waals surface area contributed by atoms with Crippen LogP contribution in [0.3, 0.4) is 0 Å². The third kappa shape index (κ3) is 2.77. The Bertz CT molecular complexity index is 699. The van der Waals surface area contributed by atoms with Gasteiger partial charge >= 0.3 is 5.97 Å². The van der Waals surface area contributed by atoms with Gasteiger partial charge in [-0.2, -0.15) is 0 Å². The molecule has 23 heavy (non-hydrogen) atoms. The molecule has 2 aliphatic rings. The number of β-lactam (4-membered cyclic amide) rings is 1. The number of carboxylic acid groups (broad SMARTS) is 1. The molecule has 0 aliphatic carbocycles. The smallest absolute Gasteiger partial charge is 0.353 e. The lowest BCUT2D eigenvalue weighted by molar-refractivity contribution is -0.687. The fraction of sp³-hybridized carbons (Fsp3) is 0.312. The normalized spacial score (nSPS) is 24.8. The Morgan fingerprint density at radius 1 is 1.43 bits per heavy atom. The van der Waals surface area contributed by atoms with Gasteiger partial charge in [-0.1, -0.05) is 17.8 Å². The van der Waals surface area contributed by atoms with Crippen LogP contribution in [-0.2, 0) is 16.1 Å². The highest BCUT2D eigenvalue weighted by atomic mass is 32.2. The van der Waals surface area contributed by atoms with Gasteiger partial charge in [0.25, 0.3) is 0 Å². The lowest BCUT2D eigenvalue weighted by Gasteiger charge is -2.43. The van der Waals surface area contributed by atoms with Gasteiger partial charge in [0, 0.05) is 17.0 Å². The van der Waals surface area contributed by atoms with Crippen LogP contribution in [0.5, 0.6) is 0 Å². The third-order valence-electron chi connectivity index (χ3n) is 3.89. The maximum absolute atomic E-state index is 12.1. The topological polar surface area (TPSA) is 81.7 Å². The molecule has 1 aromatic rings. The van der Waals surface area contributed by atoms with Crippen LogP contribution >= 0.6 is 11.8 Å². The molecule has 0 bridgehead atoms. The van der Waals surface area contributed by atoms with Crippen LogP contribution in [0.15, 0.2) is 53.3 Å². The Morgan fingerprint density at radius 3 is 2.74 bits per heavy atom. The van der Waals surface area contributed by atoms with E-state index in [1.54, 1.807) is 13.0 Å². The minimum absolute atomic E-state index is 0.0104. The number of aliphatic hydroxyl groups excluding tert-OH is 1. The van der Waals surface area contributed by atoms with E-state index >= 15 is 0 Å². The molecule has 0 aromatic carbocycles. The third-order valence-corrected chi connectivity index (χ3v) is 5.22. The maximum Gasteiger partial charge on any atom is 0.353 e. The first kappa shape index (κ1) is 15.8. The molecule has 1 saturated heterocycles. The summed E-state index contributed by atoms with van der Waals surface area (Å²) < 4.78 is 1.95. The van der Waals surface area contributed by atoms with E-state index in [4.69, 9.17) is 0 Å². The number of fused-ring (bicyclic) bond motifs is 1. The zero-order chi connectivity index (χ0) is 16.6. The van der Waals surface area contributed by atoms with Crippen molar-refractivity contribution in [3.8, 4) is 0 Å². The van der Waals surface area contributed by atoms with Gasteiger partial charge in [0.15, 0.2) is 18.9 Å². The minimum atomic E-state index is -1.12. The van der Waals surface area contributed by atoms with Gasteiger partial charge in [-0.05, 0) is 19.1 Å². The fourth-order valence-electron chi connectivity index (χ4n) is 2.76. The Morgan fingerprint density at radius 2 is 2.13 bits per heavy atom. The quantitative estimate of drug-likeness (QED) is 0.613. The Labute approximate surface area is 137 Å². The van der Waals surface area contributed by atoms with Crippen molar-refractivity contribution in [1.29, 1.82) is 0 Å². The number of aromatic nitrogens is 1. The second kappa shape index (κ2) is 6.17. The monoisotopic (exact) mass is 333 g/mol. The van der Waals surface area contributed by atoms with E-state index in [9.17, 15) is 19.8 Å². The number of carbonyl (C=O) groups excluding carboxylic acids is 1. The van der Waals surface area contributed by atoms with E-state index < -0.39 is 18.0 Å². The number of amides is 1. The summed E-state index contributed by atoms with van der Waals surface area (Å²) in [6.45, 7) is 2.16. The second-order valence-electron chi connectivity index (χ2n) is 5.48. The van der Waals surface area contributed by atoms with Crippen molar-refractivity contribution in [2.24, 2.45) is 5.92 Å². The summed E-state index contributed by atoms with van der Waals surface area (Å²) in [7, 11) is 0. The highest BCUT2D eigenvalue weighted by Gasteiger charge is 2.57. The summed E-state index contributed by atoms with van der Waals surface area (Å²) in [5.74, 6) is -1.98. The molecule has 0 saturated carbocycles. The van der Waals surface area contributed by atoms with E-state index in [1.807, 2.05) is 41.2 Å². The van der Waals surface area contributed by atoms with E-state index in [0.717, 1.165) is 0 Å². The molecular weight excluding hydrogens is 316 g/mol. The van der Waals surface area contributed by atoms with E-state index in [-0.39, 0.29) is 17.0 Å². The molecule has 1 fully saturated rings. The average molecular weight is 333 g/mol. The van der Waals surface area contributed by atoms with Gasteiger partial charge in [0.1, 0.15) is 11.1 Å². The number of pyridine rings is 1. The zero-order valence-corrected chi connectivity index (χ0v) is 13.3. The molecule has 3 atom stereocenters. The number of nitrogens with zero attached hydrogens (tertiary/aromatic N) is 2. The highest BCUT2D eigenvalue weighted by Crippen LogP contribution is 2.50. The first-order valence-corrected chi connectivity index (χ1v) is 8.14. The predicted molar refractivity (Wildman–Crippen MR) is 83.8 cm³/mol. The number of hydrogen-bond donors (Lipinski definition) is 2. The van der Waals surface area contributed by atoms with Crippen molar-refractivity contribution in [1.82, 2.24) is 4.90 Å². The van der Waals surface area contributed by atoms with Crippen LogP contribution in [-0.4, -0.2) is 38.5 Å². The Balaban J connectivity index is 1.78. The maximum atomic E-state index is 12.1. The Hall–Kier alpha value is -2.12. The summed E-state index contributed by atoms with van der Waals surface area (Å²) >= 11 is 1.32. The predicted octanol–water partition coefficient (Wildman–Crippen LogP) is 0.739. The number of hydrogen-bond acceptors (Lipinski definition) is 4. The van der Waals surface area contributed by atoms with Gasteiger partial charge in [-0.3, -0.25) is 9.69 Å². The summed E-state index contributed by atoms with van der Waals surface area (Å²) in [5.41, 5.74) is 0.0104. The van der Waals surface area contributed by atoms with Gasteiger partial charge in [0.05, 0.1) is 12.0 Å². The van der Waals surface area contributed by atoms with E-state index in [1.165, 1.54) is 16.7 Å². The molecule has 120 valence electrons. The highest BCUT2D eigenvalue weighted by molar-refractivity contribution is 8.04. The minimum Gasteiger partial charge on any atom is -0.477 e. The van der Waals surface area contributed by atoms with Crippen molar-refractivity contribution >= 4 is 23.6 Å². The molecule has 6 nitrogen and oxygen atoms in total. The van der Waals surface area contributed by atoms with Crippen molar-refractivity contribution in [2.45, 2.75) is 24.9 Å². The molecule has 7 heteroatoms. The molecule has 1 amide bonds. The number of aliphatic carboxylic acids is 1. The van der Waals surface area contributed by atoms with Crippen molar-refractivity contribution in [2.75, 3.05) is 0 Å². The lowest BCUT2D eigenvalue weighted by atomic mass is 9.92. The second-order valence-corrected chi connectivity index (χ2v) is 6.63.